The van der Waals surface area contributed by atoms with Gasteiger partial charge in [0.1, 0.15) is 5.69 Å². The van der Waals surface area contributed by atoms with E-state index >= 15 is 0 Å². The molecule has 0 atom stereocenters. The number of thiophene rings is 1. The first-order valence-electron chi connectivity index (χ1n) is 7.40. The number of aromatic amines is 1. The largest absolute Gasteiger partial charge is 0.319 e. The molecule has 0 spiro atoms. The molecular weight excluding hydrogens is 320 g/mol. The summed E-state index contributed by atoms with van der Waals surface area (Å²) in [7, 11) is 0. The highest BCUT2D eigenvalue weighted by Gasteiger charge is 2.12. The summed E-state index contributed by atoms with van der Waals surface area (Å²) in [6.07, 6.45) is 0. The summed E-state index contributed by atoms with van der Waals surface area (Å²) in [5.41, 5.74) is 2.53. The fourth-order valence-electron chi connectivity index (χ4n) is 2.56. The van der Waals surface area contributed by atoms with Crippen LogP contribution in [0.2, 0.25) is 0 Å². The van der Waals surface area contributed by atoms with Gasteiger partial charge in [-0.2, -0.15) is 0 Å². The van der Waals surface area contributed by atoms with Gasteiger partial charge in [0.2, 0.25) is 0 Å². The normalized spacial score (nSPS) is 10.8. The third kappa shape index (κ3) is 2.55. The van der Waals surface area contributed by atoms with Gasteiger partial charge < -0.3 is 4.98 Å². The molecular formula is C19H12N2O2S. The standard InChI is InChI=1S/C19H12N2O2S/c22-18(12-5-2-1-3-6-12)13-8-9-14-15(11-13)20-17(19(23)21-14)16-7-4-10-24-16/h1-11H,(H,21,23). The minimum atomic E-state index is -0.230. The van der Waals surface area contributed by atoms with E-state index in [0.29, 0.717) is 27.9 Å². The molecule has 1 N–H and O–H groups in total. The summed E-state index contributed by atoms with van der Waals surface area (Å²) in [6, 6.07) is 18.0. The van der Waals surface area contributed by atoms with Crippen molar-refractivity contribution in [2.75, 3.05) is 0 Å². The van der Waals surface area contributed by atoms with Gasteiger partial charge in [0.25, 0.3) is 5.56 Å². The fourth-order valence-corrected chi connectivity index (χ4v) is 3.27. The summed E-state index contributed by atoms with van der Waals surface area (Å²) in [6.45, 7) is 0. The number of nitrogens with zero attached hydrogens (tertiary/aromatic N) is 1. The minimum Gasteiger partial charge on any atom is -0.319 e. The lowest BCUT2D eigenvalue weighted by molar-refractivity contribution is 0.103. The predicted molar refractivity (Wildman–Crippen MR) is 95.6 cm³/mol. The first kappa shape index (κ1) is 14.5. The van der Waals surface area contributed by atoms with Crippen LogP contribution >= 0.6 is 11.3 Å². The van der Waals surface area contributed by atoms with Gasteiger partial charge in [-0.25, -0.2) is 4.98 Å². The molecule has 5 heteroatoms. The number of nitrogens with one attached hydrogen (secondary N) is 1. The number of fused-ring (bicyclic) bond motifs is 1. The fraction of sp³-hybridized carbons (Fsp3) is 0. The van der Waals surface area contributed by atoms with E-state index in [9.17, 15) is 9.59 Å². The molecule has 4 nitrogen and oxygen atoms in total. The topological polar surface area (TPSA) is 62.8 Å². The first-order chi connectivity index (χ1) is 11.7. The van der Waals surface area contributed by atoms with Crippen molar-refractivity contribution in [1.29, 1.82) is 0 Å². The van der Waals surface area contributed by atoms with E-state index in [-0.39, 0.29) is 11.3 Å². The Morgan fingerprint density at radius 1 is 0.958 bits per heavy atom. The smallest absolute Gasteiger partial charge is 0.275 e. The molecule has 4 rings (SSSR count). The number of hydrogen-bond donors (Lipinski definition) is 1. The van der Waals surface area contributed by atoms with E-state index in [1.165, 1.54) is 11.3 Å². The quantitative estimate of drug-likeness (QED) is 0.579. The van der Waals surface area contributed by atoms with Crippen molar-refractivity contribution in [3.63, 3.8) is 0 Å². The van der Waals surface area contributed by atoms with E-state index in [2.05, 4.69) is 9.97 Å². The summed E-state index contributed by atoms with van der Waals surface area (Å²) in [5.74, 6) is -0.0665. The summed E-state index contributed by atoms with van der Waals surface area (Å²) < 4.78 is 0. The maximum atomic E-state index is 12.6. The second-order valence-corrected chi connectivity index (χ2v) is 6.27. The molecule has 2 aromatic carbocycles. The maximum Gasteiger partial charge on any atom is 0.275 e. The number of carbonyl (C=O) groups excluding carboxylic acids is 1. The van der Waals surface area contributed by atoms with Crippen LogP contribution in [0.1, 0.15) is 15.9 Å². The van der Waals surface area contributed by atoms with Crippen LogP contribution < -0.4 is 5.56 Å². The zero-order chi connectivity index (χ0) is 16.5. The molecule has 0 amide bonds. The van der Waals surface area contributed by atoms with Gasteiger partial charge in [0.05, 0.1) is 15.9 Å². The van der Waals surface area contributed by atoms with Crippen molar-refractivity contribution in [3.8, 4) is 10.6 Å². The van der Waals surface area contributed by atoms with Gasteiger partial charge in [-0.15, -0.1) is 11.3 Å². The number of hydrogen-bond acceptors (Lipinski definition) is 4. The number of carbonyl (C=O) groups is 1. The van der Waals surface area contributed by atoms with Crippen molar-refractivity contribution < 1.29 is 4.79 Å². The van der Waals surface area contributed by atoms with Crippen LogP contribution in [0.4, 0.5) is 0 Å². The molecule has 0 unspecified atom stereocenters. The lowest BCUT2D eigenvalue weighted by Crippen LogP contribution is -2.11. The minimum absolute atomic E-state index is 0.0665. The Morgan fingerprint density at radius 2 is 1.79 bits per heavy atom. The van der Waals surface area contributed by atoms with Crippen molar-refractivity contribution in [2.24, 2.45) is 0 Å². The average Bonchev–Trinajstić information content (AvgIpc) is 3.15. The molecule has 0 saturated heterocycles. The SMILES string of the molecule is O=C(c1ccccc1)c1ccc2[nH]c(=O)c(-c3cccs3)nc2c1. The Bertz CT molecular complexity index is 1080. The van der Waals surface area contributed by atoms with Crippen molar-refractivity contribution in [1.82, 2.24) is 9.97 Å². The zero-order valence-electron chi connectivity index (χ0n) is 12.5. The molecule has 116 valence electrons. The molecule has 4 aromatic rings. The Balaban J connectivity index is 1.84. The highest BCUT2D eigenvalue weighted by Crippen LogP contribution is 2.22. The number of ketones is 1. The Kier molecular flexibility index (Phi) is 3.55. The molecule has 0 aliphatic heterocycles. The van der Waals surface area contributed by atoms with E-state index in [4.69, 9.17) is 0 Å². The number of H-pyrrole nitrogens is 1. The third-order valence-electron chi connectivity index (χ3n) is 3.75. The second-order valence-electron chi connectivity index (χ2n) is 5.32. The van der Waals surface area contributed by atoms with Crippen LogP contribution in [-0.2, 0) is 0 Å². The summed E-state index contributed by atoms with van der Waals surface area (Å²) in [5, 5.41) is 1.90. The van der Waals surface area contributed by atoms with E-state index < -0.39 is 0 Å². The van der Waals surface area contributed by atoms with Crippen molar-refractivity contribution >= 4 is 28.2 Å². The van der Waals surface area contributed by atoms with Gasteiger partial charge in [0.15, 0.2) is 5.78 Å². The van der Waals surface area contributed by atoms with Gasteiger partial charge in [-0.05, 0) is 29.6 Å². The van der Waals surface area contributed by atoms with Gasteiger partial charge in [-0.1, -0.05) is 36.4 Å². The lowest BCUT2D eigenvalue weighted by atomic mass is 10.0. The van der Waals surface area contributed by atoms with E-state index in [1.54, 1.807) is 30.3 Å². The van der Waals surface area contributed by atoms with Gasteiger partial charge in [0, 0.05) is 11.1 Å². The Hall–Kier alpha value is -3.05. The molecule has 0 fully saturated rings. The van der Waals surface area contributed by atoms with Crippen molar-refractivity contribution in [3.05, 3.63) is 87.5 Å². The molecule has 0 saturated carbocycles. The second kappa shape index (κ2) is 5.86. The molecule has 24 heavy (non-hydrogen) atoms. The highest BCUT2D eigenvalue weighted by atomic mass is 32.1. The van der Waals surface area contributed by atoms with Crippen LogP contribution in [0.15, 0.2) is 70.8 Å². The Labute approximate surface area is 141 Å². The molecule has 0 aliphatic rings. The predicted octanol–water partition coefficient (Wildman–Crippen LogP) is 3.88. The zero-order valence-corrected chi connectivity index (χ0v) is 13.3. The number of benzene rings is 2. The molecule has 2 aromatic heterocycles. The lowest BCUT2D eigenvalue weighted by Gasteiger charge is -2.04. The molecule has 0 radical (unpaired) electrons. The van der Waals surface area contributed by atoms with Crippen molar-refractivity contribution in [2.45, 2.75) is 0 Å². The molecule has 2 heterocycles. The maximum absolute atomic E-state index is 12.6. The van der Waals surface area contributed by atoms with E-state index in [0.717, 1.165) is 4.88 Å². The first-order valence-corrected chi connectivity index (χ1v) is 8.28. The summed E-state index contributed by atoms with van der Waals surface area (Å²) in [4.78, 5) is 32.9. The van der Waals surface area contributed by atoms with Crippen LogP contribution in [0.25, 0.3) is 21.6 Å². The van der Waals surface area contributed by atoms with E-state index in [1.807, 2.05) is 35.7 Å². The van der Waals surface area contributed by atoms with Crippen LogP contribution in [-0.4, -0.2) is 15.8 Å². The molecule has 0 aliphatic carbocycles. The monoisotopic (exact) mass is 332 g/mol. The number of aromatic nitrogens is 2. The van der Waals surface area contributed by atoms with Crippen LogP contribution in [0.3, 0.4) is 0 Å². The van der Waals surface area contributed by atoms with Gasteiger partial charge >= 0.3 is 0 Å². The number of rotatable bonds is 3. The molecule has 0 bridgehead atoms. The van der Waals surface area contributed by atoms with Crippen LogP contribution in [0.5, 0.6) is 0 Å². The Morgan fingerprint density at radius 3 is 2.54 bits per heavy atom. The third-order valence-corrected chi connectivity index (χ3v) is 4.62. The van der Waals surface area contributed by atoms with Gasteiger partial charge in [-0.3, -0.25) is 9.59 Å². The summed E-state index contributed by atoms with van der Waals surface area (Å²) >= 11 is 1.46. The average molecular weight is 332 g/mol. The highest BCUT2D eigenvalue weighted by molar-refractivity contribution is 7.13. The van der Waals surface area contributed by atoms with Crippen LogP contribution in [0, 0.1) is 0 Å².